The summed E-state index contributed by atoms with van der Waals surface area (Å²) in [6, 6.07) is 2.51. The van der Waals surface area contributed by atoms with Gasteiger partial charge >= 0.3 is 0 Å². The van der Waals surface area contributed by atoms with Crippen LogP contribution in [0, 0.1) is 0 Å². The van der Waals surface area contributed by atoms with E-state index in [9.17, 15) is 4.79 Å². The fourth-order valence-electron chi connectivity index (χ4n) is 4.95. The Morgan fingerprint density at radius 2 is 2.25 bits per heavy atom. The van der Waals surface area contributed by atoms with Crippen LogP contribution in [0.2, 0.25) is 0 Å². The Hall–Kier alpha value is -1.50. The predicted molar refractivity (Wildman–Crippen MR) is 89.8 cm³/mol. The molecule has 3 heterocycles. The molecule has 1 amide bonds. The summed E-state index contributed by atoms with van der Waals surface area (Å²) in [4.78, 5) is 21.3. The van der Waals surface area contributed by atoms with Gasteiger partial charge in [-0.3, -0.25) is 24.8 Å². The summed E-state index contributed by atoms with van der Waals surface area (Å²) in [7, 11) is 2.29. The fraction of sp³-hybridized carbons (Fsp3) is 0.667. The average Bonchev–Trinajstić information content (AvgIpc) is 2.60. The molecule has 0 radical (unpaired) electrons. The van der Waals surface area contributed by atoms with E-state index in [0.29, 0.717) is 17.1 Å². The van der Waals surface area contributed by atoms with Crippen molar-refractivity contribution in [2.45, 2.75) is 56.7 Å². The second-order valence-corrected chi connectivity index (χ2v) is 7.53. The number of likely N-dealkylation sites (N-methyl/N-ethyl adjacent to an activating group) is 1. The number of fused-ring (bicyclic) bond motifs is 1. The molecule has 1 saturated carbocycles. The third-order valence-electron chi connectivity index (χ3n) is 6.47. The lowest BCUT2D eigenvalue weighted by Crippen LogP contribution is -2.69. The van der Waals surface area contributed by atoms with Crippen molar-refractivity contribution in [1.82, 2.24) is 20.3 Å². The topological polar surface area (TPSA) is 68.7 Å². The molecule has 1 aromatic rings. The number of carbonyl (C=O) groups excluding carboxylic acids is 1. The number of nitrogens with one attached hydrogen (secondary N) is 1. The zero-order valence-electron chi connectivity index (χ0n) is 14.3. The van der Waals surface area contributed by atoms with Crippen LogP contribution in [0.3, 0.4) is 0 Å². The first-order valence-electron chi connectivity index (χ1n) is 9.01. The first-order chi connectivity index (χ1) is 11.6. The Bertz CT molecular complexity index is 650. The number of hydrogen-bond donors (Lipinski definition) is 2. The van der Waals surface area contributed by atoms with E-state index in [1.54, 1.807) is 11.7 Å². The molecule has 6 nitrogen and oxygen atoms in total. The molecule has 1 saturated heterocycles. The van der Waals surface area contributed by atoms with Crippen LogP contribution in [0.4, 0.5) is 0 Å². The van der Waals surface area contributed by atoms with E-state index in [4.69, 9.17) is 5.21 Å². The second-order valence-electron chi connectivity index (χ2n) is 7.53. The maximum absolute atomic E-state index is 11.5. The molecule has 4 rings (SSSR count). The number of carbonyl (C=O) groups is 1. The Labute approximate surface area is 142 Å². The third kappa shape index (κ3) is 2.44. The molecule has 6 heteroatoms. The van der Waals surface area contributed by atoms with Gasteiger partial charge in [0.05, 0.1) is 11.3 Å². The van der Waals surface area contributed by atoms with Gasteiger partial charge in [-0.2, -0.15) is 0 Å². The van der Waals surface area contributed by atoms with Gasteiger partial charge in [0.2, 0.25) is 0 Å². The van der Waals surface area contributed by atoms with Crippen LogP contribution < -0.4 is 5.48 Å². The lowest BCUT2D eigenvalue weighted by atomic mass is 9.65. The molecule has 1 aliphatic carbocycles. The number of piperidine rings is 1. The summed E-state index contributed by atoms with van der Waals surface area (Å²) in [5, 5.41) is 8.77. The second kappa shape index (κ2) is 6.10. The first kappa shape index (κ1) is 16.0. The Kier molecular flexibility index (Phi) is 4.06. The van der Waals surface area contributed by atoms with Crippen molar-refractivity contribution >= 4 is 5.91 Å². The van der Waals surface area contributed by atoms with Gasteiger partial charge in [0, 0.05) is 30.9 Å². The highest BCUT2D eigenvalue weighted by molar-refractivity contribution is 5.93. The maximum Gasteiger partial charge on any atom is 0.276 e. The van der Waals surface area contributed by atoms with Crippen LogP contribution in [0.5, 0.6) is 0 Å². The molecule has 1 aromatic heterocycles. The Morgan fingerprint density at radius 1 is 1.38 bits per heavy atom. The van der Waals surface area contributed by atoms with Crippen molar-refractivity contribution in [2.24, 2.45) is 0 Å². The number of hydroxylamine groups is 1. The minimum Gasteiger partial charge on any atom is -0.299 e. The van der Waals surface area contributed by atoms with Crippen molar-refractivity contribution in [3.63, 3.8) is 0 Å². The largest absolute Gasteiger partial charge is 0.299 e. The lowest BCUT2D eigenvalue weighted by Gasteiger charge is -2.61. The summed E-state index contributed by atoms with van der Waals surface area (Å²) in [6.07, 6.45) is 9.09. The van der Waals surface area contributed by atoms with Crippen molar-refractivity contribution in [3.8, 4) is 0 Å². The first-order valence-corrected chi connectivity index (χ1v) is 9.01. The summed E-state index contributed by atoms with van der Waals surface area (Å²) in [6.45, 7) is 3.12. The van der Waals surface area contributed by atoms with E-state index >= 15 is 0 Å². The highest BCUT2D eigenvalue weighted by Crippen LogP contribution is 2.47. The van der Waals surface area contributed by atoms with E-state index in [0.717, 1.165) is 30.8 Å². The molecule has 24 heavy (non-hydrogen) atoms. The SMILES string of the molecule is CN1CCCC[C@]12CC[C@@H]2N1CCc2cc(C(=O)NO)cnc2C1. The van der Waals surface area contributed by atoms with Crippen LogP contribution in [-0.2, 0) is 13.0 Å². The van der Waals surface area contributed by atoms with Crippen LogP contribution in [0.1, 0.15) is 53.7 Å². The van der Waals surface area contributed by atoms with Crippen LogP contribution in [0.15, 0.2) is 12.3 Å². The van der Waals surface area contributed by atoms with E-state index in [1.165, 1.54) is 38.6 Å². The van der Waals surface area contributed by atoms with Gasteiger partial charge in [-0.05, 0) is 57.3 Å². The van der Waals surface area contributed by atoms with Gasteiger partial charge < -0.3 is 0 Å². The molecule has 0 unspecified atom stereocenters. The normalized spacial score (nSPS) is 30.7. The predicted octanol–water partition coefficient (Wildman–Crippen LogP) is 1.58. The zero-order valence-corrected chi connectivity index (χ0v) is 14.3. The number of rotatable bonds is 2. The van der Waals surface area contributed by atoms with Gasteiger partial charge in [-0.1, -0.05) is 6.42 Å². The average molecular weight is 330 g/mol. The zero-order chi connectivity index (χ0) is 16.7. The number of hydrogen-bond acceptors (Lipinski definition) is 5. The summed E-state index contributed by atoms with van der Waals surface area (Å²) >= 11 is 0. The van der Waals surface area contributed by atoms with E-state index in [2.05, 4.69) is 21.8 Å². The Morgan fingerprint density at radius 3 is 2.96 bits per heavy atom. The molecular formula is C18H26N4O2. The smallest absolute Gasteiger partial charge is 0.276 e. The number of likely N-dealkylation sites (tertiary alicyclic amines) is 1. The maximum atomic E-state index is 11.5. The minimum absolute atomic E-state index is 0.381. The molecule has 3 aliphatic rings. The van der Waals surface area contributed by atoms with Gasteiger partial charge in [0.1, 0.15) is 0 Å². The summed E-state index contributed by atoms with van der Waals surface area (Å²) in [5.74, 6) is -0.491. The molecule has 0 aromatic carbocycles. The van der Waals surface area contributed by atoms with Crippen molar-refractivity contribution in [3.05, 3.63) is 29.1 Å². The Balaban J connectivity index is 1.51. The van der Waals surface area contributed by atoms with Crippen LogP contribution in [-0.4, -0.2) is 57.6 Å². The van der Waals surface area contributed by atoms with Gasteiger partial charge in [0.15, 0.2) is 0 Å². The van der Waals surface area contributed by atoms with E-state index in [-0.39, 0.29) is 0 Å². The molecule has 130 valence electrons. The molecule has 2 N–H and O–H groups in total. The van der Waals surface area contributed by atoms with Crippen LogP contribution >= 0.6 is 0 Å². The van der Waals surface area contributed by atoms with Gasteiger partial charge in [-0.15, -0.1) is 0 Å². The molecule has 2 aliphatic heterocycles. The number of pyridine rings is 1. The quantitative estimate of drug-likeness (QED) is 0.636. The third-order valence-corrected chi connectivity index (χ3v) is 6.47. The number of nitrogens with zero attached hydrogens (tertiary/aromatic N) is 3. The lowest BCUT2D eigenvalue weighted by molar-refractivity contribution is -0.0883. The highest BCUT2D eigenvalue weighted by Gasteiger charge is 2.52. The van der Waals surface area contributed by atoms with E-state index < -0.39 is 5.91 Å². The standard InChI is InChI=1S/C18H26N4O2/c1-21-8-3-2-6-18(21)7-4-16(18)22-9-5-13-10-14(17(23)20-24)11-19-15(13)12-22/h10-11,16,24H,2-9,12H2,1H3,(H,20,23)/t16-,18+/m0/s1. The fourth-order valence-corrected chi connectivity index (χ4v) is 4.95. The summed E-state index contributed by atoms with van der Waals surface area (Å²) < 4.78 is 0. The van der Waals surface area contributed by atoms with E-state index in [1.807, 2.05) is 6.07 Å². The van der Waals surface area contributed by atoms with Gasteiger partial charge in [0.25, 0.3) is 5.91 Å². The molecule has 2 fully saturated rings. The minimum atomic E-state index is -0.491. The van der Waals surface area contributed by atoms with Gasteiger partial charge in [-0.25, -0.2) is 5.48 Å². The molecular weight excluding hydrogens is 304 g/mol. The van der Waals surface area contributed by atoms with Crippen molar-refractivity contribution in [1.29, 1.82) is 0 Å². The van der Waals surface area contributed by atoms with Crippen LogP contribution in [0.25, 0.3) is 0 Å². The monoisotopic (exact) mass is 330 g/mol. The number of amides is 1. The van der Waals surface area contributed by atoms with Crippen molar-refractivity contribution in [2.75, 3.05) is 20.1 Å². The summed E-state index contributed by atoms with van der Waals surface area (Å²) in [5.41, 5.74) is 4.71. The molecule has 0 bridgehead atoms. The molecule has 1 spiro atoms. The number of aromatic nitrogens is 1. The molecule has 2 atom stereocenters. The highest BCUT2D eigenvalue weighted by atomic mass is 16.5. The van der Waals surface area contributed by atoms with Crippen molar-refractivity contribution < 1.29 is 10.0 Å².